The van der Waals surface area contributed by atoms with Crippen LogP contribution in [0.2, 0.25) is 0 Å². The Morgan fingerprint density at radius 3 is 2.74 bits per heavy atom. The average molecular weight is 258 g/mol. The van der Waals surface area contributed by atoms with Crippen LogP contribution in [-0.4, -0.2) is 17.1 Å². The van der Waals surface area contributed by atoms with Crippen LogP contribution in [0.1, 0.15) is 35.2 Å². The van der Waals surface area contributed by atoms with Gasteiger partial charge < -0.3 is 9.84 Å². The third-order valence-corrected chi connectivity index (χ3v) is 2.95. The zero-order chi connectivity index (χ0) is 13.7. The van der Waals surface area contributed by atoms with E-state index in [1.807, 2.05) is 25.1 Å². The van der Waals surface area contributed by atoms with Crippen molar-refractivity contribution in [3.63, 3.8) is 0 Å². The highest BCUT2D eigenvalue weighted by Crippen LogP contribution is 2.06. The van der Waals surface area contributed by atoms with Crippen LogP contribution >= 0.6 is 0 Å². The molecule has 0 aliphatic heterocycles. The zero-order valence-electron chi connectivity index (χ0n) is 11.2. The molecule has 1 N–H and O–H groups in total. The lowest BCUT2D eigenvalue weighted by Gasteiger charge is -2.12. The molecule has 0 spiro atoms. The Balaban J connectivity index is 1.81. The molecule has 19 heavy (non-hydrogen) atoms. The first-order valence-electron chi connectivity index (χ1n) is 6.43. The van der Waals surface area contributed by atoms with Crippen LogP contribution in [0, 0.1) is 6.92 Å². The monoisotopic (exact) mass is 258 g/mol. The standard InChI is InChI=1S/C15H18N2O2/c1-11(8-9-13-6-4-3-5-7-13)16-15(18)14-10-12(2)19-17-14/h3-7,10-11H,8-9H2,1-2H3,(H,16,18). The number of benzene rings is 1. The second-order valence-electron chi connectivity index (χ2n) is 4.72. The maximum absolute atomic E-state index is 11.8. The normalized spacial score (nSPS) is 12.1. The molecule has 4 nitrogen and oxygen atoms in total. The number of nitrogens with one attached hydrogen (secondary N) is 1. The van der Waals surface area contributed by atoms with Gasteiger partial charge in [0, 0.05) is 12.1 Å². The first-order chi connectivity index (χ1) is 9.15. The van der Waals surface area contributed by atoms with E-state index in [1.165, 1.54) is 5.56 Å². The Bertz CT molecular complexity index is 534. The molecular weight excluding hydrogens is 240 g/mol. The van der Waals surface area contributed by atoms with Gasteiger partial charge >= 0.3 is 0 Å². The van der Waals surface area contributed by atoms with Crippen molar-refractivity contribution in [2.75, 3.05) is 0 Å². The Hall–Kier alpha value is -2.10. The number of hydrogen-bond acceptors (Lipinski definition) is 3. The van der Waals surface area contributed by atoms with Gasteiger partial charge in [0.2, 0.25) is 0 Å². The molecule has 1 heterocycles. The second-order valence-corrected chi connectivity index (χ2v) is 4.72. The molecule has 0 radical (unpaired) electrons. The summed E-state index contributed by atoms with van der Waals surface area (Å²) in [4.78, 5) is 11.8. The Labute approximate surface area is 112 Å². The molecule has 0 saturated carbocycles. The highest BCUT2D eigenvalue weighted by Gasteiger charge is 2.13. The zero-order valence-corrected chi connectivity index (χ0v) is 11.2. The van der Waals surface area contributed by atoms with Crippen molar-refractivity contribution in [1.29, 1.82) is 0 Å². The van der Waals surface area contributed by atoms with Gasteiger partial charge in [-0.15, -0.1) is 0 Å². The second kappa shape index (κ2) is 6.18. The molecule has 1 amide bonds. The van der Waals surface area contributed by atoms with Gasteiger partial charge in [-0.3, -0.25) is 4.79 Å². The van der Waals surface area contributed by atoms with Gasteiger partial charge in [0.15, 0.2) is 5.69 Å². The van der Waals surface area contributed by atoms with Crippen molar-refractivity contribution >= 4 is 5.91 Å². The van der Waals surface area contributed by atoms with E-state index in [0.717, 1.165) is 12.8 Å². The third kappa shape index (κ3) is 3.95. The fraction of sp³-hybridized carbons (Fsp3) is 0.333. The molecule has 4 heteroatoms. The van der Waals surface area contributed by atoms with Crippen molar-refractivity contribution in [3.8, 4) is 0 Å². The summed E-state index contributed by atoms with van der Waals surface area (Å²) in [6.07, 6.45) is 1.84. The summed E-state index contributed by atoms with van der Waals surface area (Å²) in [6.45, 7) is 3.76. The van der Waals surface area contributed by atoms with Crippen molar-refractivity contribution < 1.29 is 9.32 Å². The van der Waals surface area contributed by atoms with Crippen LogP contribution in [0.4, 0.5) is 0 Å². The number of hydrogen-bond donors (Lipinski definition) is 1. The van der Waals surface area contributed by atoms with Crippen LogP contribution in [0.5, 0.6) is 0 Å². The maximum Gasteiger partial charge on any atom is 0.273 e. The molecule has 0 fully saturated rings. The Morgan fingerprint density at radius 1 is 1.37 bits per heavy atom. The average Bonchev–Trinajstić information content (AvgIpc) is 2.84. The molecule has 0 saturated heterocycles. The number of aromatic nitrogens is 1. The van der Waals surface area contributed by atoms with E-state index in [9.17, 15) is 4.79 Å². The number of rotatable bonds is 5. The van der Waals surface area contributed by atoms with Crippen LogP contribution in [0.25, 0.3) is 0 Å². The van der Waals surface area contributed by atoms with Gasteiger partial charge in [-0.05, 0) is 32.3 Å². The predicted molar refractivity (Wildman–Crippen MR) is 72.9 cm³/mol. The maximum atomic E-state index is 11.8. The van der Waals surface area contributed by atoms with E-state index in [4.69, 9.17) is 4.52 Å². The van der Waals surface area contributed by atoms with Gasteiger partial charge in [-0.1, -0.05) is 35.5 Å². The lowest BCUT2D eigenvalue weighted by Crippen LogP contribution is -2.33. The number of amides is 1. The smallest absolute Gasteiger partial charge is 0.273 e. The molecule has 1 aromatic heterocycles. The lowest BCUT2D eigenvalue weighted by atomic mass is 10.1. The molecule has 0 aliphatic carbocycles. The van der Waals surface area contributed by atoms with E-state index in [0.29, 0.717) is 11.5 Å². The number of aryl methyl sites for hydroxylation is 2. The van der Waals surface area contributed by atoms with E-state index >= 15 is 0 Å². The van der Waals surface area contributed by atoms with Gasteiger partial charge in [-0.2, -0.15) is 0 Å². The minimum absolute atomic E-state index is 0.102. The molecule has 1 atom stereocenters. The largest absolute Gasteiger partial charge is 0.361 e. The first-order valence-corrected chi connectivity index (χ1v) is 6.43. The third-order valence-electron chi connectivity index (χ3n) is 2.95. The van der Waals surface area contributed by atoms with Crippen molar-refractivity contribution in [2.45, 2.75) is 32.7 Å². The quantitative estimate of drug-likeness (QED) is 0.897. The Morgan fingerprint density at radius 2 is 2.11 bits per heavy atom. The van der Waals surface area contributed by atoms with Crippen LogP contribution < -0.4 is 5.32 Å². The highest BCUT2D eigenvalue weighted by molar-refractivity contribution is 5.92. The molecule has 2 rings (SSSR count). The van der Waals surface area contributed by atoms with Crippen LogP contribution in [0.15, 0.2) is 40.9 Å². The topological polar surface area (TPSA) is 55.1 Å². The molecule has 1 unspecified atom stereocenters. The molecule has 1 aromatic carbocycles. The predicted octanol–water partition coefficient (Wildman–Crippen LogP) is 2.73. The van der Waals surface area contributed by atoms with Gasteiger partial charge in [0.1, 0.15) is 5.76 Å². The minimum Gasteiger partial charge on any atom is -0.361 e. The van der Waals surface area contributed by atoms with E-state index in [-0.39, 0.29) is 11.9 Å². The number of carbonyl (C=O) groups is 1. The summed E-state index contributed by atoms with van der Waals surface area (Å²) >= 11 is 0. The van der Waals surface area contributed by atoms with E-state index in [2.05, 4.69) is 22.6 Å². The molecule has 2 aromatic rings. The molecule has 100 valence electrons. The van der Waals surface area contributed by atoms with Gasteiger partial charge in [-0.25, -0.2) is 0 Å². The summed E-state index contributed by atoms with van der Waals surface area (Å²) in [5.74, 6) is 0.458. The summed E-state index contributed by atoms with van der Waals surface area (Å²) in [5, 5.41) is 6.62. The summed E-state index contributed by atoms with van der Waals surface area (Å²) in [5.41, 5.74) is 1.62. The van der Waals surface area contributed by atoms with E-state index < -0.39 is 0 Å². The first kappa shape index (κ1) is 13.3. The molecule has 0 aliphatic rings. The fourth-order valence-corrected chi connectivity index (χ4v) is 1.87. The SMILES string of the molecule is Cc1cc(C(=O)NC(C)CCc2ccccc2)no1. The highest BCUT2D eigenvalue weighted by atomic mass is 16.5. The van der Waals surface area contributed by atoms with E-state index in [1.54, 1.807) is 13.0 Å². The minimum atomic E-state index is -0.183. The fourth-order valence-electron chi connectivity index (χ4n) is 1.87. The summed E-state index contributed by atoms with van der Waals surface area (Å²) in [6, 6.07) is 12.0. The molecule has 0 bridgehead atoms. The number of nitrogens with zero attached hydrogens (tertiary/aromatic N) is 1. The Kier molecular flexibility index (Phi) is 4.34. The van der Waals surface area contributed by atoms with Crippen LogP contribution in [0.3, 0.4) is 0 Å². The number of carbonyl (C=O) groups excluding carboxylic acids is 1. The van der Waals surface area contributed by atoms with Crippen molar-refractivity contribution in [3.05, 3.63) is 53.4 Å². The van der Waals surface area contributed by atoms with Gasteiger partial charge in [0.25, 0.3) is 5.91 Å². The van der Waals surface area contributed by atoms with Crippen LogP contribution in [-0.2, 0) is 6.42 Å². The molecular formula is C15H18N2O2. The lowest BCUT2D eigenvalue weighted by molar-refractivity contribution is 0.0929. The summed E-state index contributed by atoms with van der Waals surface area (Å²) in [7, 11) is 0. The van der Waals surface area contributed by atoms with Gasteiger partial charge in [0.05, 0.1) is 0 Å². The summed E-state index contributed by atoms with van der Waals surface area (Å²) < 4.78 is 4.89. The van der Waals surface area contributed by atoms with Crippen molar-refractivity contribution in [1.82, 2.24) is 10.5 Å². The van der Waals surface area contributed by atoms with Crippen molar-refractivity contribution in [2.24, 2.45) is 0 Å².